The van der Waals surface area contributed by atoms with E-state index in [9.17, 15) is 0 Å². The van der Waals surface area contributed by atoms with Gasteiger partial charge in [0.1, 0.15) is 5.52 Å². The Morgan fingerprint density at radius 1 is 1.27 bits per heavy atom. The van der Waals surface area contributed by atoms with Crippen LogP contribution in [0, 0.1) is 6.92 Å². The highest BCUT2D eigenvalue weighted by atomic mass is 32.1. The van der Waals surface area contributed by atoms with Crippen LogP contribution in [0.25, 0.3) is 11.1 Å². The summed E-state index contributed by atoms with van der Waals surface area (Å²) in [7, 11) is 0. The van der Waals surface area contributed by atoms with E-state index in [-0.39, 0.29) is 5.41 Å². The molecule has 0 saturated carbocycles. The van der Waals surface area contributed by atoms with E-state index in [1.165, 1.54) is 0 Å². The average Bonchev–Trinajstić information content (AvgIpc) is 2.55. The summed E-state index contributed by atoms with van der Waals surface area (Å²) in [6.45, 7) is 8.29. The molecule has 2 aromatic rings. The Bertz CT molecular complexity index is 508. The number of benzene rings is 1. The number of hydrogen-bond donors (Lipinski definition) is 1. The smallest absolute Gasteiger partial charge is 0.200 e. The van der Waals surface area contributed by atoms with E-state index in [0.29, 0.717) is 0 Å². The topological polar surface area (TPSA) is 26.0 Å². The molecule has 1 aromatic carbocycles. The molecule has 0 N–H and O–H groups in total. The van der Waals surface area contributed by atoms with Gasteiger partial charge in [0, 0.05) is 10.3 Å². The third-order valence-corrected chi connectivity index (χ3v) is 2.91. The van der Waals surface area contributed by atoms with Crippen LogP contribution in [0.4, 0.5) is 0 Å². The van der Waals surface area contributed by atoms with Crippen molar-refractivity contribution < 1.29 is 4.42 Å². The number of aryl methyl sites for hydroxylation is 1. The molecule has 80 valence electrons. The lowest BCUT2D eigenvalue weighted by molar-refractivity contribution is 0.411. The molecule has 0 aliphatic carbocycles. The Balaban J connectivity index is 2.72. The summed E-state index contributed by atoms with van der Waals surface area (Å²) in [6, 6.07) is 3.87. The minimum atomic E-state index is -0.0534. The number of rotatable bonds is 0. The van der Waals surface area contributed by atoms with Crippen molar-refractivity contribution in [3.05, 3.63) is 23.6 Å². The molecule has 0 spiro atoms. The van der Waals surface area contributed by atoms with Gasteiger partial charge in [0.15, 0.2) is 5.58 Å². The SMILES string of the molecule is Cc1c(S)ccc2oc(C(C)(C)C)nc12. The van der Waals surface area contributed by atoms with Gasteiger partial charge in [-0.1, -0.05) is 20.8 Å². The third-order valence-electron chi connectivity index (χ3n) is 2.43. The van der Waals surface area contributed by atoms with Crippen molar-refractivity contribution in [2.24, 2.45) is 0 Å². The number of oxazole rings is 1. The highest BCUT2D eigenvalue weighted by Crippen LogP contribution is 2.29. The molecule has 0 saturated heterocycles. The minimum Gasteiger partial charge on any atom is -0.440 e. The standard InChI is InChI=1S/C12H15NOS/c1-7-9(15)6-5-8-10(7)13-11(14-8)12(2,3)4/h5-6,15H,1-4H3. The van der Waals surface area contributed by atoms with Gasteiger partial charge in [-0.2, -0.15) is 0 Å². The lowest BCUT2D eigenvalue weighted by Crippen LogP contribution is -2.11. The zero-order valence-corrected chi connectivity index (χ0v) is 10.4. The van der Waals surface area contributed by atoms with E-state index in [1.54, 1.807) is 0 Å². The van der Waals surface area contributed by atoms with Gasteiger partial charge in [-0.25, -0.2) is 4.98 Å². The van der Waals surface area contributed by atoms with Crippen molar-refractivity contribution in [3.8, 4) is 0 Å². The van der Waals surface area contributed by atoms with E-state index in [1.807, 2.05) is 19.1 Å². The molecule has 3 heteroatoms. The van der Waals surface area contributed by atoms with Gasteiger partial charge in [0.05, 0.1) is 0 Å². The number of fused-ring (bicyclic) bond motifs is 1. The number of nitrogens with zero attached hydrogens (tertiary/aromatic N) is 1. The van der Waals surface area contributed by atoms with Crippen LogP contribution in [-0.2, 0) is 5.41 Å². The van der Waals surface area contributed by atoms with Gasteiger partial charge in [0.25, 0.3) is 0 Å². The van der Waals surface area contributed by atoms with E-state index in [4.69, 9.17) is 4.42 Å². The first kappa shape index (κ1) is 10.6. The quantitative estimate of drug-likeness (QED) is 0.686. The number of hydrogen-bond acceptors (Lipinski definition) is 3. The third kappa shape index (κ3) is 1.76. The van der Waals surface area contributed by atoms with E-state index in [2.05, 4.69) is 38.4 Å². The zero-order valence-electron chi connectivity index (χ0n) is 9.46. The molecule has 15 heavy (non-hydrogen) atoms. The monoisotopic (exact) mass is 221 g/mol. The number of aromatic nitrogens is 1. The van der Waals surface area contributed by atoms with Crippen LogP contribution in [0.1, 0.15) is 32.2 Å². The Hall–Kier alpha value is -0.960. The maximum absolute atomic E-state index is 5.72. The van der Waals surface area contributed by atoms with Crippen LogP contribution < -0.4 is 0 Å². The summed E-state index contributed by atoms with van der Waals surface area (Å²) in [5, 5.41) is 0. The summed E-state index contributed by atoms with van der Waals surface area (Å²) in [5.41, 5.74) is 2.79. The van der Waals surface area contributed by atoms with E-state index >= 15 is 0 Å². The second-order valence-electron chi connectivity index (χ2n) is 4.83. The fourth-order valence-corrected chi connectivity index (χ4v) is 1.62. The predicted molar refractivity (Wildman–Crippen MR) is 64.7 cm³/mol. The summed E-state index contributed by atoms with van der Waals surface area (Å²) in [4.78, 5) is 5.48. The molecule has 0 radical (unpaired) electrons. The largest absolute Gasteiger partial charge is 0.440 e. The van der Waals surface area contributed by atoms with Gasteiger partial charge in [0.2, 0.25) is 5.89 Å². The van der Waals surface area contributed by atoms with Crippen LogP contribution in [-0.4, -0.2) is 4.98 Å². The van der Waals surface area contributed by atoms with Crippen LogP contribution in [0.2, 0.25) is 0 Å². The molecule has 0 aliphatic heterocycles. The molecule has 0 amide bonds. The molecule has 1 heterocycles. The van der Waals surface area contributed by atoms with Crippen LogP contribution >= 0.6 is 12.6 Å². The highest BCUT2D eigenvalue weighted by molar-refractivity contribution is 7.80. The first-order valence-electron chi connectivity index (χ1n) is 4.99. The van der Waals surface area contributed by atoms with Crippen molar-refractivity contribution in [1.29, 1.82) is 0 Å². The predicted octanol–water partition coefficient (Wildman–Crippen LogP) is 3.72. The van der Waals surface area contributed by atoms with Crippen LogP contribution in [0.15, 0.2) is 21.4 Å². The molecule has 0 unspecified atom stereocenters. The Morgan fingerprint density at radius 3 is 2.53 bits per heavy atom. The summed E-state index contributed by atoms with van der Waals surface area (Å²) in [6.07, 6.45) is 0. The van der Waals surface area contributed by atoms with Gasteiger partial charge in [-0.15, -0.1) is 12.6 Å². The second kappa shape index (κ2) is 3.27. The molecule has 0 aliphatic rings. The molecule has 0 fully saturated rings. The fourth-order valence-electron chi connectivity index (χ4n) is 1.44. The lowest BCUT2D eigenvalue weighted by atomic mass is 9.97. The Labute approximate surface area is 95.1 Å². The highest BCUT2D eigenvalue weighted by Gasteiger charge is 2.21. The van der Waals surface area contributed by atoms with E-state index in [0.717, 1.165) is 27.4 Å². The molecule has 0 bridgehead atoms. The van der Waals surface area contributed by atoms with E-state index < -0.39 is 0 Å². The molecular formula is C12H15NOS. The van der Waals surface area contributed by atoms with Crippen molar-refractivity contribution in [1.82, 2.24) is 4.98 Å². The van der Waals surface area contributed by atoms with Gasteiger partial charge < -0.3 is 4.42 Å². The summed E-state index contributed by atoms with van der Waals surface area (Å²) in [5.74, 6) is 0.777. The lowest BCUT2D eigenvalue weighted by Gasteiger charge is -2.11. The molecule has 2 rings (SSSR count). The average molecular weight is 221 g/mol. The van der Waals surface area contributed by atoms with Crippen LogP contribution in [0.5, 0.6) is 0 Å². The Kier molecular flexibility index (Phi) is 2.30. The second-order valence-corrected chi connectivity index (χ2v) is 5.31. The maximum atomic E-state index is 5.72. The first-order chi connectivity index (χ1) is 6.89. The van der Waals surface area contributed by atoms with Gasteiger partial charge in [-0.05, 0) is 24.6 Å². The van der Waals surface area contributed by atoms with Crippen molar-refractivity contribution >= 4 is 23.7 Å². The maximum Gasteiger partial charge on any atom is 0.200 e. The zero-order chi connectivity index (χ0) is 11.2. The summed E-state index contributed by atoms with van der Waals surface area (Å²) >= 11 is 4.37. The molecule has 2 nitrogen and oxygen atoms in total. The fraction of sp³-hybridized carbons (Fsp3) is 0.417. The first-order valence-corrected chi connectivity index (χ1v) is 5.44. The minimum absolute atomic E-state index is 0.0534. The Morgan fingerprint density at radius 2 is 1.93 bits per heavy atom. The molecule has 0 atom stereocenters. The normalized spacial score (nSPS) is 12.3. The van der Waals surface area contributed by atoms with Gasteiger partial charge in [-0.3, -0.25) is 0 Å². The van der Waals surface area contributed by atoms with Crippen molar-refractivity contribution in [2.45, 2.75) is 38.0 Å². The molecule has 1 aromatic heterocycles. The van der Waals surface area contributed by atoms with Gasteiger partial charge >= 0.3 is 0 Å². The van der Waals surface area contributed by atoms with Crippen molar-refractivity contribution in [3.63, 3.8) is 0 Å². The van der Waals surface area contributed by atoms with Crippen molar-refractivity contribution in [2.75, 3.05) is 0 Å². The van der Waals surface area contributed by atoms with Crippen LogP contribution in [0.3, 0.4) is 0 Å². The number of thiol groups is 1. The summed E-state index contributed by atoms with van der Waals surface area (Å²) < 4.78 is 5.72. The molecular weight excluding hydrogens is 206 g/mol.